The predicted octanol–water partition coefficient (Wildman–Crippen LogP) is 2.66. The van der Waals surface area contributed by atoms with Gasteiger partial charge in [-0.2, -0.15) is 0 Å². The van der Waals surface area contributed by atoms with Gasteiger partial charge < -0.3 is 15.2 Å². The Morgan fingerprint density at radius 2 is 2.12 bits per heavy atom. The van der Waals surface area contributed by atoms with Crippen molar-refractivity contribution < 1.29 is 13.9 Å². The molecule has 0 fully saturated rings. The van der Waals surface area contributed by atoms with E-state index in [1.165, 1.54) is 0 Å². The van der Waals surface area contributed by atoms with E-state index in [0.717, 1.165) is 6.42 Å². The van der Waals surface area contributed by atoms with Crippen molar-refractivity contribution in [2.75, 3.05) is 13.2 Å². The smallest absolute Gasteiger partial charge is 0.182 e. The second-order valence-electron chi connectivity index (χ2n) is 3.76. The van der Waals surface area contributed by atoms with Crippen LogP contribution in [-0.2, 0) is 0 Å². The quantitative estimate of drug-likeness (QED) is 0.827. The number of halogens is 2. The maximum atomic E-state index is 13.8. The van der Waals surface area contributed by atoms with Gasteiger partial charge in [0.1, 0.15) is 5.02 Å². The number of rotatable bonds is 1. The van der Waals surface area contributed by atoms with Gasteiger partial charge in [0.05, 0.1) is 13.2 Å². The molecule has 1 unspecified atom stereocenters. The molecule has 1 heterocycles. The molecule has 1 aliphatic heterocycles. The summed E-state index contributed by atoms with van der Waals surface area (Å²) in [4.78, 5) is 0. The molecule has 16 heavy (non-hydrogen) atoms. The summed E-state index contributed by atoms with van der Waals surface area (Å²) in [5.41, 5.74) is 6.00. The Morgan fingerprint density at radius 3 is 2.81 bits per heavy atom. The van der Waals surface area contributed by atoms with Crippen LogP contribution in [0, 0.1) is 5.82 Å². The Balaban J connectivity index is 2.55. The molecule has 1 aromatic rings. The number of hydrogen-bond acceptors (Lipinski definition) is 3. The molecule has 0 radical (unpaired) electrons. The van der Waals surface area contributed by atoms with Crippen LogP contribution in [0.4, 0.5) is 4.39 Å². The zero-order chi connectivity index (χ0) is 11.7. The molecule has 2 rings (SSSR count). The third kappa shape index (κ3) is 1.95. The topological polar surface area (TPSA) is 44.5 Å². The van der Waals surface area contributed by atoms with Crippen molar-refractivity contribution in [2.45, 2.75) is 19.4 Å². The molecule has 1 aliphatic rings. The number of ether oxygens (including phenoxy) is 2. The Hall–Kier alpha value is -1.00. The molecule has 3 nitrogen and oxygen atoms in total. The molecule has 5 heteroatoms. The molecule has 0 aromatic heterocycles. The molecule has 0 saturated heterocycles. The van der Waals surface area contributed by atoms with Crippen molar-refractivity contribution in [2.24, 2.45) is 5.73 Å². The summed E-state index contributed by atoms with van der Waals surface area (Å²) in [5.74, 6) is 0.221. The minimum atomic E-state index is -0.527. The van der Waals surface area contributed by atoms with Gasteiger partial charge in [0.25, 0.3) is 0 Å². The van der Waals surface area contributed by atoms with Crippen LogP contribution >= 0.6 is 11.6 Å². The van der Waals surface area contributed by atoms with E-state index >= 15 is 0 Å². The minimum absolute atomic E-state index is 0.0494. The number of fused-ring (bicyclic) bond motifs is 1. The van der Waals surface area contributed by atoms with E-state index in [-0.39, 0.29) is 10.8 Å². The first-order valence-corrected chi connectivity index (χ1v) is 5.52. The van der Waals surface area contributed by atoms with Crippen molar-refractivity contribution in [3.63, 3.8) is 0 Å². The lowest BCUT2D eigenvalue weighted by Crippen LogP contribution is -2.09. The highest BCUT2D eigenvalue weighted by molar-refractivity contribution is 6.32. The van der Waals surface area contributed by atoms with E-state index < -0.39 is 11.9 Å². The van der Waals surface area contributed by atoms with E-state index in [1.54, 1.807) is 13.0 Å². The van der Waals surface area contributed by atoms with Gasteiger partial charge in [0.2, 0.25) is 0 Å². The van der Waals surface area contributed by atoms with Crippen molar-refractivity contribution in [1.82, 2.24) is 0 Å². The summed E-state index contributed by atoms with van der Waals surface area (Å²) in [6.07, 6.45) is 0.750. The highest BCUT2D eigenvalue weighted by atomic mass is 35.5. The Morgan fingerprint density at radius 1 is 1.44 bits per heavy atom. The molecule has 0 bridgehead atoms. The number of nitrogens with two attached hydrogens (primary N) is 1. The van der Waals surface area contributed by atoms with Gasteiger partial charge in [-0.05, 0) is 13.0 Å². The number of benzene rings is 1. The molecular formula is C11H13ClFNO2. The van der Waals surface area contributed by atoms with Gasteiger partial charge in [-0.3, -0.25) is 0 Å². The summed E-state index contributed by atoms with van der Waals surface area (Å²) in [7, 11) is 0. The van der Waals surface area contributed by atoms with Crippen LogP contribution in [0.25, 0.3) is 0 Å². The second-order valence-corrected chi connectivity index (χ2v) is 4.14. The van der Waals surface area contributed by atoms with Crippen LogP contribution in [0.15, 0.2) is 6.07 Å². The van der Waals surface area contributed by atoms with E-state index in [0.29, 0.717) is 24.5 Å². The first-order chi connectivity index (χ1) is 7.61. The lowest BCUT2D eigenvalue weighted by molar-refractivity contribution is 0.296. The van der Waals surface area contributed by atoms with Crippen LogP contribution in [-0.4, -0.2) is 13.2 Å². The summed E-state index contributed by atoms with van der Waals surface area (Å²) >= 11 is 5.90. The Labute approximate surface area is 98.3 Å². The molecule has 0 amide bonds. The van der Waals surface area contributed by atoms with Crippen LogP contribution in [0.3, 0.4) is 0 Å². The lowest BCUT2D eigenvalue weighted by Gasteiger charge is -2.14. The predicted molar refractivity (Wildman–Crippen MR) is 59.6 cm³/mol. The molecular weight excluding hydrogens is 233 g/mol. The fourth-order valence-corrected chi connectivity index (χ4v) is 1.85. The highest BCUT2D eigenvalue weighted by Crippen LogP contribution is 2.41. The van der Waals surface area contributed by atoms with Crippen molar-refractivity contribution in [3.8, 4) is 11.5 Å². The summed E-state index contributed by atoms with van der Waals surface area (Å²) < 4.78 is 24.6. The monoisotopic (exact) mass is 245 g/mol. The second kappa shape index (κ2) is 4.47. The first-order valence-electron chi connectivity index (χ1n) is 5.14. The van der Waals surface area contributed by atoms with Gasteiger partial charge in [0.15, 0.2) is 17.3 Å². The van der Waals surface area contributed by atoms with E-state index in [4.69, 9.17) is 26.8 Å². The van der Waals surface area contributed by atoms with Gasteiger partial charge in [-0.15, -0.1) is 0 Å². The maximum absolute atomic E-state index is 13.8. The summed E-state index contributed by atoms with van der Waals surface area (Å²) in [6, 6.07) is 1.13. The standard InChI is InChI=1S/C11H13ClFNO2/c1-6(14)7-5-8-11(9(12)10(7)13)16-4-2-3-15-8/h5-6H,2-4,14H2,1H3. The third-order valence-corrected chi connectivity index (χ3v) is 2.78. The van der Waals surface area contributed by atoms with E-state index in [9.17, 15) is 4.39 Å². The average molecular weight is 246 g/mol. The molecule has 0 aliphatic carbocycles. The van der Waals surface area contributed by atoms with Gasteiger partial charge >= 0.3 is 0 Å². The Kier molecular flexibility index (Phi) is 3.21. The Bertz CT molecular complexity index is 409. The van der Waals surface area contributed by atoms with Gasteiger partial charge in [-0.1, -0.05) is 11.6 Å². The third-order valence-electron chi connectivity index (χ3n) is 2.44. The molecule has 1 aromatic carbocycles. The van der Waals surface area contributed by atoms with Crippen LogP contribution in [0.1, 0.15) is 24.9 Å². The number of hydrogen-bond donors (Lipinski definition) is 1. The fourth-order valence-electron chi connectivity index (χ4n) is 1.59. The SMILES string of the molecule is CC(N)c1cc2c(c(Cl)c1F)OCCCO2. The van der Waals surface area contributed by atoms with Crippen molar-refractivity contribution >= 4 is 11.6 Å². The largest absolute Gasteiger partial charge is 0.489 e. The molecule has 1 atom stereocenters. The van der Waals surface area contributed by atoms with Gasteiger partial charge in [0, 0.05) is 18.0 Å². The average Bonchev–Trinajstić information content (AvgIpc) is 2.48. The van der Waals surface area contributed by atoms with Crippen LogP contribution in [0.2, 0.25) is 5.02 Å². The molecule has 88 valence electrons. The molecule has 0 spiro atoms. The normalized spacial score (nSPS) is 16.8. The zero-order valence-electron chi connectivity index (χ0n) is 8.93. The maximum Gasteiger partial charge on any atom is 0.182 e. The lowest BCUT2D eigenvalue weighted by atomic mass is 10.1. The summed E-state index contributed by atoms with van der Waals surface area (Å²) in [5, 5.41) is -0.0494. The highest BCUT2D eigenvalue weighted by Gasteiger charge is 2.22. The van der Waals surface area contributed by atoms with Crippen molar-refractivity contribution in [3.05, 3.63) is 22.5 Å². The van der Waals surface area contributed by atoms with Crippen LogP contribution < -0.4 is 15.2 Å². The molecule has 0 saturated carbocycles. The van der Waals surface area contributed by atoms with Crippen molar-refractivity contribution in [1.29, 1.82) is 0 Å². The van der Waals surface area contributed by atoms with E-state index in [1.807, 2.05) is 0 Å². The zero-order valence-corrected chi connectivity index (χ0v) is 9.68. The van der Waals surface area contributed by atoms with Crippen LogP contribution in [0.5, 0.6) is 11.5 Å². The minimum Gasteiger partial charge on any atom is -0.489 e. The van der Waals surface area contributed by atoms with Gasteiger partial charge in [-0.25, -0.2) is 4.39 Å². The van der Waals surface area contributed by atoms with E-state index in [2.05, 4.69) is 0 Å². The summed E-state index contributed by atoms with van der Waals surface area (Å²) in [6.45, 7) is 2.70. The first kappa shape index (κ1) is 11.5. The fraction of sp³-hybridized carbons (Fsp3) is 0.455. The molecule has 2 N–H and O–H groups in total.